The van der Waals surface area contributed by atoms with Crippen LogP contribution in [0.2, 0.25) is 10.0 Å². The quantitative estimate of drug-likeness (QED) is 0.370. The fourth-order valence-electron chi connectivity index (χ4n) is 2.43. The molecule has 0 spiro atoms. The Bertz CT molecular complexity index is 988. The first-order valence-electron chi connectivity index (χ1n) is 9.22. The third-order valence-electron chi connectivity index (χ3n) is 4.08. The van der Waals surface area contributed by atoms with E-state index in [0.717, 1.165) is 16.9 Å². The van der Waals surface area contributed by atoms with Crippen LogP contribution in [0.15, 0.2) is 77.9 Å². The second-order valence-corrected chi connectivity index (χ2v) is 7.31. The van der Waals surface area contributed by atoms with Crippen molar-refractivity contribution in [3.8, 4) is 11.5 Å². The second-order valence-electron chi connectivity index (χ2n) is 6.43. The molecule has 0 aliphatic rings. The van der Waals surface area contributed by atoms with Crippen molar-refractivity contribution in [3.05, 3.63) is 94.0 Å². The number of ether oxygens (including phenoxy) is 2. The number of carbonyl (C=O) groups is 1. The summed E-state index contributed by atoms with van der Waals surface area (Å²) >= 11 is 11.7. The Labute approximate surface area is 185 Å². The van der Waals surface area contributed by atoms with Crippen LogP contribution in [-0.2, 0) is 11.4 Å². The van der Waals surface area contributed by atoms with Gasteiger partial charge in [0.25, 0.3) is 5.91 Å². The van der Waals surface area contributed by atoms with E-state index in [2.05, 4.69) is 10.5 Å². The number of rotatable bonds is 8. The maximum Gasteiger partial charge on any atom is 0.280 e. The van der Waals surface area contributed by atoms with Crippen LogP contribution in [-0.4, -0.2) is 18.2 Å². The van der Waals surface area contributed by atoms with Crippen molar-refractivity contribution in [3.63, 3.8) is 0 Å². The van der Waals surface area contributed by atoms with Crippen molar-refractivity contribution in [2.45, 2.75) is 19.6 Å². The third kappa shape index (κ3) is 6.79. The average molecular weight is 443 g/mol. The molecule has 154 valence electrons. The zero-order valence-electron chi connectivity index (χ0n) is 16.2. The van der Waals surface area contributed by atoms with Crippen LogP contribution in [0.25, 0.3) is 0 Å². The Kier molecular flexibility index (Phi) is 7.71. The van der Waals surface area contributed by atoms with Crippen molar-refractivity contribution in [2.75, 3.05) is 0 Å². The number of hydrazone groups is 1. The Morgan fingerprint density at radius 3 is 2.13 bits per heavy atom. The van der Waals surface area contributed by atoms with Crippen molar-refractivity contribution in [2.24, 2.45) is 5.10 Å². The van der Waals surface area contributed by atoms with E-state index in [9.17, 15) is 4.79 Å². The molecule has 5 nitrogen and oxygen atoms in total. The molecule has 0 fully saturated rings. The highest BCUT2D eigenvalue weighted by Gasteiger charge is 2.13. The lowest BCUT2D eigenvalue weighted by atomic mass is 10.2. The average Bonchev–Trinajstić information content (AvgIpc) is 2.76. The second kappa shape index (κ2) is 10.7. The summed E-state index contributed by atoms with van der Waals surface area (Å²) in [6, 6.07) is 21.7. The molecule has 0 radical (unpaired) electrons. The van der Waals surface area contributed by atoms with Crippen molar-refractivity contribution >= 4 is 35.3 Å². The number of hydrogen-bond acceptors (Lipinski definition) is 4. The van der Waals surface area contributed by atoms with Gasteiger partial charge in [-0.2, -0.15) is 5.10 Å². The van der Waals surface area contributed by atoms with Gasteiger partial charge in [0.2, 0.25) is 0 Å². The minimum Gasteiger partial charge on any atom is -0.489 e. The van der Waals surface area contributed by atoms with Gasteiger partial charge in [-0.1, -0.05) is 35.3 Å². The highest BCUT2D eigenvalue weighted by molar-refractivity contribution is 6.30. The Morgan fingerprint density at radius 1 is 0.933 bits per heavy atom. The van der Waals surface area contributed by atoms with E-state index in [1.807, 2.05) is 48.5 Å². The summed E-state index contributed by atoms with van der Waals surface area (Å²) in [5.41, 5.74) is 4.32. The van der Waals surface area contributed by atoms with E-state index in [4.69, 9.17) is 32.7 Å². The largest absolute Gasteiger partial charge is 0.489 e. The zero-order valence-corrected chi connectivity index (χ0v) is 17.7. The van der Waals surface area contributed by atoms with Gasteiger partial charge < -0.3 is 9.47 Å². The van der Waals surface area contributed by atoms with E-state index in [-0.39, 0.29) is 5.91 Å². The van der Waals surface area contributed by atoms with Gasteiger partial charge in [0.05, 0.1) is 6.21 Å². The molecule has 1 atom stereocenters. The van der Waals surface area contributed by atoms with Crippen LogP contribution in [0.5, 0.6) is 11.5 Å². The van der Waals surface area contributed by atoms with Crippen LogP contribution in [0.1, 0.15) is 18.1 Å². The highest BCUT2D eigenvalue weighted by Crippen LogP contribution is 2.17. The summed E-state index contributed by atoms with van der Waals surface area (Å²) in [7, 11) is 0. The number of halogens is 2. The maximum atomic E-state index is 12.1. The molecule has 0 saturated heterocycles. The normalized spacial score (nSPS) is 11.8. The topological polar surface area (TPSA) is 59.9 Å². The number of nitrogens with zero attached hydrogens (tertiary/aromatic N) is 1. The standard InChI is InChI=1S/C23H20Cl2N2O3/c1-16(30-22-12-8-20(25)9-13-22)23(28)27-26-14-17-4-10-21(11-5-17)29-15-18-2-6-19(24)7-3-18/h2-14,16H,15H2,1H3,(H,27,28)/b26-14+. The molecule has 3 rings (SSSR count). The van der Waals surface area contributed by atoms with E-state index in [1.165, 1.54) is 0 Å². The van der Waals surface area contributed by atoms with Crippen LogP contribution in [0.4, 0.5) is 0 Å². The molecule has 7 heteroatoms. The van der Waals surface area contributed by atoms with Gasteiger partial charge in [-0.05, 0) is 78.7 Å². The van der Waals surface area contributed by atoms with Gasteiger partial charge in [-0.3, -0.25) is 4.79 Å². The summed E-state index contributed by atoms with van der Waals surface area (Å²) in [5.74, 6) is 0.931. The molecular weight excluding hydrogens is 423 g/mol. The Hall–Kier alpha value is -3.02. The fourth-order valence-corrected chi connectivity index (χ4v) is 2.68. The number of nitrogens with one attached hydrogen (secondary N) is 1. The van der Waals surface area contributed by atoms with Crippen LogP contribution in [0.3, 0.4) is 0 Å². The molecule has 0 aromatic heterocycles. The lowest BCUT2D eigenvalue weighted by Crippen LogP contribution is -2.33. The lowest BCUT2D eigenvalue weighted by molar-refractivity contribution is -0.127. The number of amides is 1. The van der Waals surface area contributed by atoms with Crippen LogP contribution < -0.4 is 14.9 Å². The van der Waals surface area contributed by atoms with Gasteiger partial charge in [-0.25, -0.2) is 5.43 Å². The fraction of sp³-hybridized carbons (Fsp3) is 0.130. The number of hydrogen-bond donors (Lipinski definition) is 1. The van der Waals surface area contributed by atoms with Gasteiger partial charge in [0.1, 0.15) is 18.1 Å². The summed E-state index contributed by atoms with van der Waals surface area (Å²) in [5, 5.41) is 5.27. The monoisotopic (exact) mass is 442 g/mol. The Balaban J connectivity index is 1.45. The number of benzene rings is 3. The predicted molar refractivity (Wildman–Crippen MR) is 120 cm³/mol. The molecule has 0 aliphatic heterocycles. The minimum atomic E-state index is -0.702. The van der Waals surface area contributed by atoms with E-state index in [1.54, 1.807) is 37.4 Å². The molecule has 1 unspecified atom stereocenters. The van der Waals surface area contributed by atoms with Crippen LogP contribution >= 0.6 is 23.2 Å². The smallest absolute Gasteiger partial charge is 0.280 e. The molecule has 3 aromatic rings. The highest BCUT2D eigenvalue weighted by atomic mass is 35.5. The van der Waals surface area contributed by atoms with Gasteiger partial charge in [0.15, 0.2) is 6.10 Å². The van der Waals surface area contributed by atoms with E-state index in [0.29, 0.717) is 22.4 Å². The zero-order chi connectivity index (χ0) is 21.3. The molecular formula is C23H20Cl2N2O3. The molecule has 0 saturated carbocycles. The number of carbonyl (C=O) groups excluding carboxylic acids is 1. The SMILES string of the molecule is CC(Oc1ccc(Cl)cc1)C(=O)N/N=C/c1ccc(OCc2ccc(Cl)cc2)cc1. The maximum absolute atomic E-state index is 12.1. The molecule has 0 heterocycles. The molecule has 1 amide bonds. The molecule has 0 aliphatic carbocycles. The summed E-state index contributed by atoms with van der Waals surface area (Å²) < 4.78 is 11.3. The summed E-state index contributed by atoms with van der Waals surface area (Å²) in [6.07, 6.45) is 0.850. The minimum absolute atomic E-state index is 0.357. The first-order valence-corrected chi connectivity index (χ1v) is 9.97. The lowest BCUT2D eigenvalue weighted by Gasteiger charge is -2.12. The molecule has 30 heavy (non-hydrogen) atoms. The Morgan fingerprint density at radius 2 is 1.50 bits per heavy atom. The summed E-state index contributed by atoms with van der Waals surface area (Å²) in [4.78, 5) is 12.1. The first-order chi connectivity index (χ1) is 14.5. The van der Waals surface area contributed by atoms with Crippen molar-refractivity contribution in [1.82, 2.24) is 5.43 Å². The van der Waals surface area contributed by atoms with Gasteiger partial charge >= 0.3 is 0 Å². The molecule has 0 bridgehead atoms. The van der Waals surface area contributed by atoms with E-state index < -0.39 is 6.10 Å². The predicted octanol–water partition coefficient (Wildman–Crippen LogP) is 5.49. The molecule has 1 N–H and O–H groups in total. The van der Waals surface area contributed by atoms with Gasteiger partial charge in [-0.15, -0.1) is 0 Å². The first kappa shape index (κ1) is 21.7. The van der Waals surface area contributed by atoms with Crippen LogP contribution in [0, 0.1) is 0 Å². The van der Waals surface area contributed by atoms with Crippen molar-refractivity contribution < 1.29 is 14.3 Å². The summed E-state index contributed by atoms with van der Waals surface area (Å²) in [6.45, 7) is 2.10. The van der Waals surface area contributed by atoms with E-state index >= 15 is 0 Å². The van der Waals surface area contributed by atoms with Gasteiger partial charge in [0, 0.05) is 10.0 Å². The molecule has 3 aromatic carbocycles. The van der Waals surface area contributed by atoms with Crippen molar-refractivity contribution in [1.29, 1.82) is 0 Å². The third-order valence-corrected chi connectivity index (χ3v) is 4.59.